The van der Waals surface area contributed by atoms with Gasteiger partial charge in [-0.1, -0.05) is 49.4 Å². The second-order valence-electron chi connectivity index (χ2n) is 6.75. The van der Waals surface area contributed by atoms with E-state index in [4.69, 9.17) is 0 Å². The van der Waals surface area contributed by atoms with Crippen molar-refractivity contribution in [3.05, 3.63) is 84.4 Å². The maximum atomic E-state index is 12.6. The highest BCUT2D eigenvalue weighted by Gasteiger charge is 2.14. The topological polar surface area (TPSA) is 89.0 Å². The predicted octanol–water partition coefficient (Wildman–Crippen LogP) is 4.34. The molecule has 0 aliphatic carbocycles. The Morgan fingerprint density at radius 3 is 2.27 bits per heavy atom. The number of hydrogen-bond acceptors (Lipinski definition) is 5. The molecule has 1 N–H and O–H groups in total. The average molecular weight is 417 g/mol. The van der Waals surface area contributed by atoms with Crippen LogP contribution in [0.15, 0.2) is 83.9 Å². The summed E-state index contributed by atoms with van der Waals surface area (Å²) < 4.78 is 23.7. The molecule has 0 atom stereocenters. The number of sulfone groups is 1. The van der Waals surface area contributed by atoms with Crippen molar-refractivity contribution in [2.45, 2.75) is 11.9 Å². The minimum absolute atomic E-state index is 0.0212. The van der Waals surface area contributed by atoms with Crippen LogP contribution in [0.25, 0.3) is 22.0 Å². The van der Waals surface area contributed by atoms with Crippen LogP contribution in [0.3, 0.4) is 0 Å². The largest absolute Gasteiger partial charge is 0.322 e. The molecule has 0 radical (unpaired) electrons. The number of aromatic nitrogens is 2. The van der Waals surface area contributed by atoms with Crippen molar-refractivity contribution in [2.75, 3.05) is 11.1 Å². The van der Waals surface area contributed by atoms with Crippen molar-refractivity contribution in [3.63, 3.8) is 0 Å². The molecule has 1 aromatic heterocycles. The number of fused-ring (bicyclic) bond motifs is 1. The molecule has 0 bridgehead atoms. The molecule has 4 rings (SSSR count). The van der Waals surface area contributed by atoms with Gasteiger partial charge in [0.15, 0.2) is 14.9 Å². The number of nitrogens with one attached hydrogen (secondary N) is 1. The average Bonchev–Trinajstić information content (AvgIpc) is 2.79. The van der Waals surface area contributed by atoms with Crippen molar-refractivity contribution in [3.8, 4) is 11.3 Å². The Kier molecular flexibility index (Phi) is 5.29. The normalized spacial score (nSPS) is 11.4. The number of carbonyl (C=O) groups is 1. The second-order valence-corrected chi connectivity index (χ2v) is 8.98. The SMILES string of the molecule is CCS(=O)(=O)c1ccc(-c2ccc(NC(=O)c3ccc4ccccc4c3)cc2)nn1. The molecule has 1 heterocycles. The molecule has 6 nitrogen and oxygen atoms in total. The van der Waals surface area contributed by atoms with Crippen LogP contribution >= 0.6 is 0 Å². The van der Waals surface area contributed by atoms with E-state index in [2.05, 4.69) is 15.5 Å². The standard InChI is InChI=1S/C23H19N3O3S/c1-2-30(28,29)22-14-13-21(25-26-22)17-9-11-20(12-10-17)24-23(27)19-8-7-16-5-3-4-6-18(16)15-19/h3-15H,2H2,1H3,(H,24,27). The summed E-state index contributed by atoms with van der Waals surface area (Å²) in [6.45, 7) is 1.57. The van der Waals surface area contributed by atoms with Crippen LogP contribution in [0, 0.1) is 0 Å². The summed E-state index contributed by atoms with van der Waals surface area (Å²) in [5, 5.41) is 12.8. The van der Waals surface area contributed by atoms with Crippen molar-refractivity contribution in [2.24, 2.45) is 0 Å². The van der Waals surface area contributed by atoms with Gasteiger partial charge in [0, 0.05) is 16.8 Å². The Morgan fingerprint density at radius 2 is 1.60 bits per heavy atom. The number of anilines is 1. The van der Waals surface area contributed by atoms with Crippen LogP contribution in [0.2, 0.25) is 0 Å². The highest BCUT2D eigenvalue weighted by molar-refractivity contribution is 7.91. The van der Waals surface area contributed by atoms with E-state index in [0.29, 0.717) is 16.9 Å². The molecule has 0 fully saturated rings. The van der Waals surface area contributed by atoms with E-state index >= 15 is 0 Å². The molecule has 150 valence electrons. The van der Waals surface area contributed by atoms with Gasteiger partial charge in [0.25, 0.3) is 5.91 Å². The van der Waals surface area contributed by atoms with Gasteiger partial charge in [0.1, 0.15) is 0 Å². The van der Waals surface area contributed by atoms with Crippen LogP contribution in [0.5, 0.6) is 0 Å². The molecule has 1 amide bonds. The van der Waals surface area contributed by atoms with E-state index < -0.39 is 9.84 Å². The molecule has 0 saturated heterocycles. The summed E-state index contributed by atoms with van der Waals surface area (Å²) in [5.41, 5.74) is 2.55. The summed E-state index contributed by atoms with van der Waals surface area (Å²) in [6.07, 6.45) is 0. The molecular weight excluding hydrogens is 398 g/mol. The number of amides is 1. The fraction of sp³-hybridized carbons (Fsp3) is 0.0870. The highest BCUT2D eigenvalue weighted by atomic mass is 32.2. The Balaban J connectivity index is 1.49. The quantitative estimate of drug-likeness (QED) is 0.522. The van der Waals surface area contributed by atoms with Crippen molar-refractivity contribution in [1.82, 2.24) is 10.2 Å². The van der Waals surface area contributed by atoms with E-state index in [1.807, 2.05) is 36.4 Å². The minimum atomic E-state index is -3.38. The lowest BCUT2D eigenvalue weighted by Gasteiger charge is -2.08. The van der Waals surface area contributed by atoms with E-state index in [-0.39, 0.29) is 16.7 Å². The van der Waals surface area contributed by atoms with E-state index in [9.17, 15) is 13.2 Å². The molecular formula is C23H19N3O3S. The van der Waals surface area contributed by atoms with E-state index in [0.717, 1.165) is 16.3 Å². The zero-order chi connectivity index (χ0) is 21.1. The number of benzene rings is 3. The minimum Gasteiger partial charge on any atom is -0.322 e. The summed E-state index contributed by atoms with van der Waals surface area (Å²) in [5.74, 6) is -0.213. The first-order chi connectivity index (χ1) is 14.5. The van der Waals surface area contributed by atoms with Crippen molar-refractivity contribution >= 4 is 32.2 Å². The number of rotatable bonds is 5. The van der Waals surface area contributed by atoms with Gasteiger partial charge in [0.05, 0.1) is 11.4 Å². The van der Waals surface area contributed by atoms with Crippen molar-refractivity contribution < 1.29 is 13.2 Å². The lowest BCUT2D eigenvalue weighted by atomic mass is 10.1. The van der Waals surface area contributed by atoms with Crippen LogP contribution in [-0.4, -0.2) is 30.3 Å². The first-order valence-corrected chi connectivity index (χ1v) is 11.1. The monoisotopic (exact) mass is 417 g/mol. The maximum Gasteiger partial charge on any atom is 0.255 e. The number of carbonyl (C=O) groups excluding carboxylic acids is 1. The Hall–Kier alpha value is -3.58. The van der Waals surface area contributed by atoms with Crippen molar-refractivity contribution in [1.29, 1.82) is 0 Å². The lowest BCUT2D eigenvalue weighted by molar-refractivity contribution is 0.102. The molecule has 7 heteroatoms. The van der Waals surface area contributed by atoms with Gasteiger partial charge in [-0.05, 0) is 47.2 Å². The first-order valence-electron chi connectivity index (χ1n) is 9.43. The molecule has 0 aliphatic heterocycles. The van der Waals surface area contributed by atoms with E-state index in [1.54, 1.807) is 43.3 Å². The van der Waals surface area contributed by atoms with Gasteiger partial charge >= 0.3 is 0 Å². The fourth-order valence-corrected chi connectivity index (χ4v) is 3.78. The molecule has 3 aromatic carbocycles. The third kappa shape index (κ3) is 4.06. The van der Waals surface area contributed by atoms with Crippen LogP contribution in [-0.2, 0) is 9.84 Å². The molecule has 4 aromatic rings. The highest BCUT2D eigenvalue weighted by Crippen LogP contribution is 2.21. The van der Waals surface area contributed by atoms with Crippen LogP contribution in [0.4, 0.5) is 5.69 Å². The molecule has 0 aliphatic rings. The van der Waals surface area contributed by atoms with Gasteiger partial charge in [-0.25, -0.2) is 8.42 Å². The summed E-state index contributed by atoms with van der Waals surface area (Å²) in [6, 6.07) is 23.7. The van der Waals surface area contributed by atoms with Gasteiger partial charge in [-0.3, -0.25) is 4.79 Å². The molecule has 0 saturated carbocycles. The zero-order valence-corrected chi connectivity index (χ0v) is 17.1. The smallest absolute Gasteiger partial charge is 0.255 e. The zero-order valence-electron chi connectivity index (χ0n) is 16.2. The second kappa shape index (κ2) is 8.04. The maximum absolute atomic E-state index is 12.6. The molecule has 0 spiro atoms. The van der Waals surface area contributed by atoms with Gasteiger partial charge in [-0.2, -0.15) is 0 Å². The van der Waals surface area contributed by atoms with Crippen LogP contribution in [0.1, 0.15) is 17.3 Å². The van der Waals surface area contributed by atoms with Gasteiger partial charge in [-0.15, -0.1) is 10.2 Å². The molecule has 0 unspecified atom stereocenters. The van der Waals surface area contributed by atoms with E-state index in [1.165, 1.54) is 6.07 Å². The predicted molar refractivity (Wildman–Crippen MR) is 117 cm³/mol. The Bertz CT molecular complexity index is 1320. The number of hydrogen-bond donors (Lipinski definition) is 1. The lowest BCUT2D eigenvalue weighted by Crippen LogP contribution is -2.11. The number of nitrogens with zero attached hydrogens (tertiary/aromatic N) is 2. The Labute approximate surface area is 174 Å². The Morgan fingerprint density at radius 1 is 0.867 bits per heavy atom. The third-order valence-corrected chi connectivity index (χ3v) is 6.40. The summed E-state index contributed by atoms with van der Waals surface area (Å²) >= 11 is 0. The third-order valence-electron chi connectivity index (χ3n) is 4.79. The van der Waals surface area contributed by atoms with Gasteiger partial charge in [0.2, 0.25) is 0 Å². The van der Waals surface area contributed by atoms with Crippen LogP contribution < -0.4 is 5.32 Å². The molecule has 30 heavy (non-hydrogen) atoms. The fourth-order valence-electron chi connectivity index (χ4n) is 3.05. The summed E-state index contributed by atoms with van der Waals surface area (Å²) in [4.78, 5) is 12.6. The summed E-state index contributed by atoms with van der Waals surface area (Å²) in [7, 11) is -3.38. The van der Waals surface area contributed by atoms with Gasteiger partial charge < -0.3 is 5.32 Å². The first kappa shape index (κ1) is 19.7.